The van der Waals surface area contributed by atoms with E-state index in [9.17, 15) is 10.2 Å². The van der Waals surface area contributed by atoms with Gasteiger partial charge in [-0.15, -0.1) is 13.2 Å². The van der Waals surface area contributed by atoms with Gasteiger partial charge in [0.05, 0.1) is 46.2 Å². The van der Waals surface area contributed by atoms with Gasteiger partial charge < -0.3 is 24.4 Å². The largest absolute Gasteiger partial charge is 0.396 e. The maximum absolute atomic E-state index is 9.39. The van der Waals surface area contributed by atoms with Crippen molar-refractivity contribution in [1.82, 2.24) is 0 Å². The van der Waals surface area contributed by atoms with E-state index in [0.29, 0.717) is 32.8 Å². The summed E-state index contributed by atoms with van der Waals surface area (Å²) < 4.78 is 16.5. The summed E-state index contributed by atoms with van der Waals surface area (Å²) in [6.07, 6.45) is 3.71. The van der Waals surface area contributed by atoms with Crippen molar-refractivity contribution >= 4 is 0 Å². The Balaban J connectivity index is 4.29. The van der Waals surface area contributed by atoms with E-state index in [1.165, 1.54) is 0 Å². The quantitative estimate of drug-likeness (QED) is 0.371. The highest BCUT2D eigenvalue weighted by molar-refractivity contribution is 4.77. The molecule has 118 valence electrons. The zero-order chi connectivity index (χ0) is 15.3. The second-order valence-corrected chi connectivity index (χ2v) is 4.76. The van der Waals surface area contributed by atoms with Crippen LogP contribution in [0.25, 0.3) is 0 Å². The lowest BCUT2D eigenvalue weighted by Gasteiger charge is -2.30. The molecule has 0 aromatic rings. The van der Waals surface area contributed by atoms with Gasteiger partial charge in [0.25, 0.3) is 0 Å². The maximum Gasteiger partial charge on any atom is 0.104 e. The van der Waals surface area contributed by atoms with Gasteiger partial charge in [0, 0.05) is 5.41 Å². The third-order valence-electron chi connectivity index (χ3n) is 3.12. The second kappa shape index (κ2) is 12.1. The first-order valence-corrected chi connectivity index (χ1v) is 6.88. The van der Waals surface area contributed by atoms with Gasteiger partial charge >= 0.3 is 0 Å². The Bertz CT molecular complexity index is 228. The van der Waals surface area contributed by atoms with E-state index in [2.05, 4.69) is 13.2 Å². The van der Waals surface area contributed by atoms with Gasteiger partial charge in [0.2, 0.25) is 0 Å². The maximum atomic E-state index is 9.39. The van der Waals surface area contributed by atoms with Crippen molar-refractivity contribution in [1.29, 1.82) is 0 Å². The molecule has 0 aliphatic carbocycles. The molecule has 0 bridgehead atoms. The minimum absolute atomic E-state index is 0.117. The average Bonchev–Trinajstić information content (AvgIpc) is 2.49. The first kappa shape index (κ1) is 19.3. The molecule has 5 nitrogen and oxygen atoms in total. The van der Waals surface area contributed by atoms with Crippen LogP contribution < -0.4 is 0 Å². The van der Waals surface area contributed by atoms with Crippen LogP contribution in [0.3, 0.4) is 0 Å². The number of ether oxygens (including phenoxy) is 3. The van der Waals surface area contributed by atoms with Crippen LogP contribution in [0.15, 0.2) is 25.3 Å². The number of aliphatic hydroxyl groups is 2. The lowest BCUT2D eigenvalue weighted by Crippen LogP contribution is -2.38. The number of aliphatic hydroxyl groups excluding tert-OH is 2. The van der Waals surface area contributed by atoms with Crippen molar-refractivity contribution in [2.24, 2.45) is 5.41 Å². The van der Waals surface area contributed by atoms with Crippen molar-refractivity contribution in [2.45, 2.75) is 19.4 Å². The minimum atomic E-state index is -0.616. The monoisotopic (exact) mass is 288 g/mol. The van der Waals surface area contributed by atoms with Crippen LogP contribution in [0.2, 0.25) is 0 Å². The Morgan fingerprint density at radius 3 is 1.90 bits per heavy atom. The molecular formula is C15H28O5. The van der Waals surface area contributed by atoms with Crippen molar-refractivity contribution in [2.75, 3.05) is 46.2 Å². The summed E-state index contributed by atoms with van der Waals surface area (Å²) in [5.74, 6) is 0. The minimum Gasteiger partial charge on any atom is -0.396 e. The lowest BCUT2D eigenvalue weighted by molar-refractivity contribution is -0.1000. The van der Waals surface area contributed by atoms with E-state index < -0.39 is 5.41 Å². The van der Waals surface area contributed by atoms with E-state index in [0.717, 1.165) is 0 Å². The Labute approximate surface area is 121 Å². The van der Waals surface area contributed by atoms with Crippen molar-refractivity contribution in [3.05, 3.63) is 25.3 Å². The van der Waals surface area contributed by atoms with E-state index >= 15 is 0 Å². The highest BCUT2D eigenvalue weighted by atomic mass is 16.6. The first-order chi connectivity index (χ1) is 9.67. The fourth-order valence-electron chi connectivity index (χ4n) is 1.47. The summed E-state index contributed by atoms with van der Waals surface area (Å²) in [6, 6.07) is 0. The summed E-state index contributed by atoms with van der Waals surface area (Å²) in [7, 11) is 0. The highest BCUT2D eigenvalue weighted by Crippen LogP contribution is 2.21. The molecule has 0 aromatic heterocycles. The molecule has 0 spiro atoms. The molecule has 0 radical (unpaired) electrons. The third kappa shape index (κ3) is 7.77. The highest BCUT2D eigenvalue weighted by Gasteiger charge is 2.28. The molecule has 0 heterocycles. The van der Waals surface area contributed by atoms with E-state index in [4.69, 9.17) is 14.2 Å². The molecule has 0 saturated heterocycles. The van der Waals surface area contributed by atoms with Crippen molar-refractivity contribution in [3.63, 3.8) is 0 Å². The molecule has 0 saturated carbocycles. The fourth-order valence-corrected chi connectivity index (χ4v) is 1.47. The summed E-state index contributed by atoms with van der Waals surface area (Å²) in [4.78, 5) is 0. The molecule has 0 rings (SSSR count). The molecule has 2 N–H and O–H groups in total. The SMILES string of the molecule is C=CCOCC(COCC=C)OCC(CC)(CO)CO. The van der Waals surface area contributed by atoms with Crippen LogP contribution in [0, 0.1) is 5.41 Å². The van der Waals surface area contributed by atoms with Crippen LogP contribution in [-0.4, -0.2) is 62.6 Å². The topological polar surface area (TPSA) is 68.2 Å². The number of rotatable bonds is 14. The summed E-state index contributed by atoms with van der Waals surface area (Å²) in [6.45, 7) is 10.7. The van der Waals surface area contributed by atoms with Gasteiger partial charge in [-0.2, -0.15) is 0 Å². The molecule has 0 atom stereocenters. The summed E-state index contributed by atoms with van der Waals surface area (Å²) in [5.41, 5.74) is -0.616. The van der Waals surface area contributed by atoms with Gasteiger partial charge in [0.15, 0.2) is 0 Å². The standard InChI is InChI=1S/C15H28O5/c1-4-7-18-9-14(10-19-8-5-2)20-13-15(6-3,11-16)12-17/h4-5,14,16-17H,1-2,6-13H2,3H3. The van der Waals surface area contributed by atoms with Crippen LogP contribution >= 0.6 is 0 Å². The average molecular weight is 288 g/mol. The predicted molar refractivity (Wildman–Crippen MR) is 78.7 cm³/mol. The Kier molecular flexibility index (Phi) is 11.6. The zero-order valence-electron chi connectivity index (χ0n) is 12.4. The second-order valence-electron chi connectivity index (χ2n) is 4.76. The van der Waals surface area contributed by atoms with Crippen LogP contribution in [0.1, 0.15) is 13.3 Å². The van der Waals surface area contributed by atoms with Crippen LogP contribution in [0.5, 0.6) is 0 Å². The van der Waals surface area contributed by atoms with Crippen molar-refractivity contribution < 1.29 is 24.4 Å². The molecule has 0 aromatic carbocycles. The lowest BCUT2D eigenvalue weighted by atomic mass is 9.88. The molecular weight excluding hydrogens is 260 g/mol. The molecule has 0 amide bonds. The molecule has 0 aliphatic heterocycles. The molecule has 20 heavy (non-hydrogen) atoms. The number of hydrogen-bond acceptors (Lipinski definition) is 5. The van der Waals surface area contributed by atoms with Crippen molar-refractivity contribution in [3.8, 4) is 0 Å². The predicted octanol–water partition coefficient (Wildman–Crippen LogP) is 1.16. The normalized spacial score (nSPS) is 11.8. The van der Waals surface area contributed by atoms with E-state index in [1.54, 1.807) is 12.2 Å². The fraction of sp³-hybridized carbons (Fsp3) is 0.733. The van der Waals surface area contributed by atoms with Gasteiger partial charge in [0.1, 0.15) is 6.10 Å². The first-order valence-electron chi connectivity index (χ1n) is 6.88. The molecule has 5 heteroatoms. The third-order valence-corrected chi connectivity index (χ3v) is 3.12. The van der Waals surface area contributed by atoms with Crippen LogP contribution in [0.4, 0.5) is 0 Å². The molecule has 0 unspecified atom stereocenters. The Morgan fingerprint density at radius 2 is 1.55 bits per heavy atom. The van der Waals surface area contributed by atoms with E-state index in [-0.39, 0.29) is 25.9 Å². The zero-order valence-corrected chi connectivity index (χ0v) is 12.4. The summed E-state index contributed by atoms with van der Waals surface area (Å²) in [5, 5.41) is 18.8. The van der Waals surface area contributed by atoms with Gasteiger partial charge in [-0.25, -0.2) is 0 Å². The Morgan fingerprint density at radius 1 is 1.05 bits per heavy atom. The van der Waals surface area contributed by atoms with Crippen LogP contribution in [-0.2, 0) is 14.2 Å². The number of hydrogen-bond donors (Lipinski definition) is 2. The van der Waals surface area contributed by atoms with E-state index in [1.807, 2.05) is 6.92 Å². The molecule has 0 fully saturated rings. The smallest absolute Gasteiger partial charge is 0.104 e. The molecule has 0 aliphatic rings. The Hall–Kier alpha value is -0.720. The van der Waals surface area contributed by atoms with Gasteiger partial charge in [-0.1, -0.05) is 19.1 Å². The van der Waals surface area contributed by atoms with Gasteiger partial charge in [-0.05, 0) is 6.42 Å². The summed E-state index contributed by atoms with van der Waals surface area (Å²) >= 11 is 0. The van der Waals surface area contributed by atoms with Gasteiger partial charge in [-0.3, -0.25) is 0 Å².